The van der Waals surface area contributed by atoms with E-state index < -0.39 is 0 Å². The van der Waals surface area contributed by atoms with Gasteiger partial charge in [-0.15, -0.1) is 0 Å². The lowest BCUT2D eigenvalue weighted by Crippen LogP contribution is -2.41. The minimum absolute atomic E-state index is 0.0390. The summed E-state index contributed by atoms with van der Waals surface area (Å²) in [5.74, 6) is 0.932. The number of benzene rings is 1. The van der Waals surface area contributed by atoms with E-state index in [1.54, 1.807) is 30.6 Å². The van der Waals surface area contributed by atoms with E-state index in [2.05, 4.69) is 11.6 Å². The molecule has 2 aromatic rings. The highest BCUT2D eigenvalue weighted by atomic mass is 16.5. The van der Waals surface area contributed by atoms with Crippen molar-refractivity contribution >= 4 is 17.3 Å². The standard InChI is InChI=1S/C20H24N4O2/c1-14(21)19-17(22)5-2-6-18(19)26-13-15-4-3-11-24(12-15)20(25)16-7-9-23-10-8-16/h2,5-10,15H,1,3-4,11-13,21-22H2. The number of likely N-dealkylation sites (tertiary alicyclic amines) is 1. The van der Waals surface area contributed by atoms with Gasteiger partial charge in [-0.2, -0.15) is 0 Å². The van der Waals surface area contributed by atoms with Crippen LogP contribution in [0.25, 0.3) is 5.70 Å². The van der Waals surface area contributed by atoms with Crippen molar-refractivity contribution < 1.29 is 9.53 Å². The van der Waals surface area contributed by atoms with Crippen LogP contribution in [0.3, 0.4) is 0 Å². The minimum atomic E-state index is 0.0390. The number of amides is 1. The second-order valence-electron chi connectivity index (χ2n) is 6.55. The summed E-state index contributed by atoms with van der Waals surface area (Å²) in [6, 6.07) is 8.93. The van der Waals surface area contributed by atoms with Crippen molar-refractivity contribution in [3.8, 4) is 5.75 Å². The molecule has 3 rings (SSSR count). The third-order valence-electron chi connectivity index (χ3n) is 4.59. The van der Waals surface area contributed by atoms with E-state index >= 15 is 0 Å². The van der Waals surface area contributed by atoms with Crippen LogP contribution in [-0.4, -0.2) is 35.5 Å². The Morgan fingerprint density at radius 2 is 2.08 bits per heavy atom. The van der Waals surface area contributed by atoms with Gasteiger partial charge in [-0.1, -0.05) is 12.6 Å². The number of piperidine rings is 1. The zero-order valence-electron chi connectivity index (χ0n) is 14.7. The van der Waals surface area contributed by atoms with Gasteiger partial charge in [0.25, 0.3) is 5.91 Å². The lowest BCUT2D eigenvalue weighted by molar-refractivity contribution is 0.0633. The number of carbonyl (C=O) groups excluding carboxylic acids is 1. The van der Waals surface area contributed by atoms with Gasteiger partial charge in [-0.3, -0.25) is 9.78 Å². The van der Waals surface area contributed by atoms with Crippen molar-refractivity contribution in [1.82, 2.24) is 9.88 Å². The van der Waals surface area contributed by atoms with E-state index in [1.807, 2.05) is 17.0 Å². The molecular formula is C20H24N4O2. The van der Waals surface area contributed by atoms with Crippen LogP contribution < -0.4 is 16.2 Å². The highest BCUT2D eigenvalue weighted by Gasteiger charge is 2.25. The zero-order chi connectivity index (χ0) is 18.5. The molecule has 1 unspecified atom stereocenters. The molecule has 0 spiro atoms. The van der Waals surface area contributed by atoms with E-state index in [-0.39, 0.29) is 11.8 Å². The maximum Gasteiger partial charge on any atom is 0.253 e. The third-order valence-corrected chi connectivity index (χ3v) is 4.59. The molecule has 1 aromatic carbocycles. The van der Waals surface area contributed by atoms with Crippen molar-refractivity contribution in [2.75, 3.05) is 25.4 Å². The number of nitrogens with two attached hydrogens (primary N) is 2. The molecule has 1 saturated heterocycles. The Labute approximate surface area is 153 Å². The second-order valence-corrected chi connectivity index (χ2v) is 6.55. The average molecular weight is 352 g/mol. The number of pyridine rings is 1. The molecule has 136 valence electrons. The number of rotatable bonds is 5. The molecule has 6 heteroatoms. The van der Waals surface area contributed by atoms with Crippen molar-refractivity contribution in [2.45, 2.75) is 12.8 Å². The highest BCUT2D eigenvalue weighted by Crippen LogP contribution is 2.29. The van der Waals surface area contributed by atoms with Gasteiger partial charge < -0.3 is 21.1 Å². The summed E-state index contributed by atoms with van der Waals surface area (Å²) in [4.78, 5) is 18.5. The minimum Gasteiger partial charge on any atom is -0.492 e. The van der Waals surface area contributed by atoms with Gasteiger partial charge in [0.2, 0.25) is 0 Å². The summed E-state index contributed by atoms with van der Waals surface area (Å²) in [6.45, 7) is 5.71. The van der Waals surface area contributed by atoms with Gasteiger partial charge in [0.1, 0.15) is 5.75 Å². The molecule has 0 saturated carbocycles. The summed E-state index contributed by atoms with van der Waals surface area (Å²) in [6.07, 6.45) is 5.25. The third kappa shape index (κ3) is 3.96. The molecule has 6 nitrogen and oxygen atoms in total. The summed E-state index contributed by atoms with van der Waals surface area (Å²) >= 11 is 0. The second kappa shape index (κ2) is 7.91. The van der Waals surface area contributed by atoms with E-state index in [1.165, 1.54) is 0 Å². The predicted octanol–water partition coefficient (Wildman–Crippen LogP) is 2.52. The van der Waals surface area contributed by atoms with Crippen molar-refractivity contribution in [1.29, 1.82) is 0 Å². The van der Waals surface area contributed by atoms with Crippen LogP contribution in [0.4, 0.5) is 5.69 Å². The van der Waals surface area contributed by atoms with Crippen LogP contribution in [-0.2, 0) is 0 Å². The number of anilines is 1. The SMILES string of the molecule is C=C(N)c1c(N)cccc1OCC1CCCN(C(=O)c2ccncc2)C1. The number of nitrogen functional groups attached to an aromatic ring is 1. The van der Waals surface area contributed by atoms with E-state index in [9.17, 15) is 4.79 Å². The summed E-state index contributed by atoms with van der Waals surface area (Å²) in [5.41, 5.74) is 14.1. The number of aromatic nitrogens is 1. The first-order chi connectivity index (χ1) is 12.6. The van der Waals surface area contributed by atoms with E-state index in [0.717, 1.165) is 19.4 Å². The molecule has 1 amide bonds. The first-order valence-electron chi connectivity index (χ1n) is 8.71. The quantitative estimate of drug-likeness (QED) is 0.806. The average Bonchev–Trinajstić information content (AvgIpc) is 2.66. The molecule has 1 fully saturated rings. The van der Waals surface area contributed by atoms with Gasteiger partial charge in [0.05, 0.1) is 12.2 Å². The Kier molecular flexibility index (Phi) is 5.41. The van der Waals surface area contributed by atoms with Crippen LogP contribution in [0.2, 0.25) is 0 Å². The van der Waals surface area contributed by atoms with Gasteiger partial charge in [0.15, 0.2) is 0 Å². The van der Waals surface area contributed by atoms with Crippen LogP contribution in [0.1, 0.15) is 28.8 Å². The van der Waals surface area contributed by atoms with Crippen molar-refractivity contribution in [3.63, 3.8) is 0 Å². The monoisotopic (exact) mass is 352 g/mol. The fraction of sp³-hybridized carbons (Fsp3) is 0.300. The first kappa shape index (κ1) is 17.8. The topological polar surface area (TPSA) is 94.5 Å². The zero-order valence-corrected chi connectivity index (χ0v) is 14.7. The number of carbonyl (C=O) groups is 1. The molecule has 4 N–H and O–H groups in total. The number of hydrogen-bond acceptors (Lipinski definition) is 5. The number of hydrogen-bond donors (Lipinski definition) is 2. The van der Waals surface area contributed by atoms with Gasteiger partial charge in [-0.05, 0) is 37.1 Å². The van der Waals surface area contributed by atoms with Gasteiger partial charge in [0, 0.05) is 48.3 Å². The van der Waals surface area contributed by atoms with Crippen molar-refractivity contribution in [2.24, 2.45) is 11.7 Å². The van der Waals surface area contributed by atoms with Crippen LogP contribution in [0.15, 0.2) is 49.3 Å². The van der Waals surface area contributed by atoms with E-state index in [4.69, 9.17) is 16.2 Å². The fourth-order valence-electron chi connectivity index (χ4n) is 3.28. The largest absolute Gasteiger partial charge is 0.492 e. The lowest BCUT2D eigenvalue weighted by atomic mass is 9.98. The van der Waals surface area contributed by atoms with Crippen LogP contribution in [0, 0.1) is 5.92 Å². The molecule has 1 aliphatic rings. The molecular weight excluding hydrogens is 328 g/mol. The molecule has 0 radical (unpaired) electrons. The molecule has 1 aromatic heterocycles. The van der Waals surface area contributed by atoms with Crippen LogP contribution in [0.5, 0.6) is 5.75 Å². The van der Waals surface area contributed by atoms with Gasteiger partial charge >= 0.3 is 0 Å². The van der Waals surface area contributed by atoms with Crippen molar-refractivity contribution in [3.05, 3.63) is 60.4 Å². The molecule has 0 aliphatic carbocycles. The maximum absolute atomic E-state index is 12.6. The summed E-state index contributed by atoms with van der Waals surface area (Å²) < 4.78 is 5.98. The first-order valence-corrected chi connectivity index (χ1v) is 8.71. The summed E-state index contributed by atoms with van der Waals surface area (Å²) in [5, 5.41) is 0. The molecule has 0 bridgehead atoms. The Morgan fingerprint density at radius 3 is 2.81 bits per heavy atom. The Bertz CT molecular complexity index is 792. The molecule has 1 atom stereocenters. The fourth-order valence-corrected chi connectivity index (χ4v) is 3.28. The Hall–Kier alpha value is -3.02. The molecule has 1 aliphatic heterocycles. The normalized spacial score (nSPS) is 16.9. The number of ether oxygens (including phenoxy) is 1. The van der Waals surface area contributed by atoms with E-state index in [0.29, 0.717) is 41.4 Å². The number of nitrogens with zero attached hydrogens (tertiary/aromatic N) is 2. The van der Waals surface area contributed by atoms with Crippen LogP contribution >= 0.6 is 0 Å². The Balaban J connectivity index is 1.64. The predicted molar refractivity (Wildman–Crippen MR) is 102 cm³/mol. The highest BCUT2D eigenvalue weighted by molar-refractivity contribution is 5.94. The lowest BCUT2D eigenvalue weighted by Gasteiger charge is -2.33. The maximum atomic E-state index is 12.6. The summed E-state index contributed by atoms with van der Waals surface area (Å²) in [7, 11) is 0. The molecule has 26 heavy (non-hydrogen) atoms. The molecule has 2 heterocycles. The smallest absolute Gasteiger partial charge is 0.253 e. The van der Waals surface area contributed by atoms with Gasteiger partial charge in [-0.25, -0.2) is 0 Å². The Morgan fingerprint density at radius 1 is 1.31 bits per heavy atom.